The smallest absolute Gasteiger partial charge is 0.342 e. The van der Waals surface area contributed by atoms with Crippen LogP contribution in [-0.2, 0) is 23.9 Å². The molecule has 0 saturated carbocycles. The normalized spacial score (nSPS) is 27.4. The van der Waals surface area contributed by atoms with Crippen molar-refractivity contribution in [2.45, 2.75) is 52.4 Å². The third kappa shape index (κ3) is 2.70. The molecular formula is C18H21NO5. The van der Waals surface area contributed by atoms with E-state index >= 15 is 0 Å². The average Bonchev–Trinajstić information content (AvgIpc) is 2.97. The number of nitrogens with one attached hydrogen (secondary N) is 1. The molecule has 0 spiro atoms. The predicted molar refractivity (Wildman–Crippen MR) is 84.3 cm³/mol. The highest BCUT2D eigenvalue weighted by Crippen LogP contribution is 2.40. The molecule has 1 N–H and O–H groups in total. The van der Waals surface area contributed by atoms with Gasteiger partial charge in [0.15, 0.2) is 0 Å². The first-order valence-corrected chi connectivity index (χ1v) is 8.53. The van der Waals surface area contributed by atoms with Gasteiger partial charge in [0, 0.05) is 16.7 Å². The standard InChI is InChI=1S/C18H21NO5/c1-3-5-10-8-12-11(15(20)19-16(12)21)6-9(4-2)7-13-14(10)18(23)24-17(13)22/h9-10H,3-8H2,1-2H3,(H,19,20,21)/t9-,10+/m0/s1. The molecule has 3 aliphatic rings. The lowest BCUT2D eigenvalue weighted by molar-refractivity contribution is -0.151. The van der Waals surface area contributed by atoms with Crippen molar-refractivity contribution in [2.24, 2.45) is 11.8 Å². The molecule has 0 radical (unpaired) electrons. The fourth-order valence-electron chi connectivity index (χ4n) is 3.88. The third-order valence-corrected chi connectivity index (χ3v) is 5.18. The van der Waals surface area contributed by atoms with Gasteiger partial charge in [0.2, 0.25) is 0 Å². The van der Waals surface area contributed by atoms with Gasteiger partial charge in [-0.15, -0.1) is 0 Å². The van der Waals surface area contributed by atoms with E-state index in [1.54, 1.807) is 0 Å². The van der Waals surface area contributed by atoms with Crippen molar-refractivity contribution in [3.63, 3.8) is 0 Å². The summed E-state index contributed by atoms with van der Waals surface area (Å²) in [4.78, 5) is 48.7. The second-order valence-corrected chi connectivity index (χ2v) is 6.68. The first kappa shape index (κ1) is 16.6. The molecule has 0 aromatic rings. The van der Waals surface area contributed by atoms with Gasteiger partial charge < -0.3 is 4.74 Å². The molecular weight excluding hydrogens is 310 g/mol. The van der Waals surface area contributed by atoms with Crippen LogP contribution in [0.3, 0.4) is 0 Å². The predicted octanol–water partition coefficient (Wildman–Crippen LogP) is 1.95. The van der Waals surface area contributed by atoms with E-state index in [1.165, 1.54) is 0 Å². The summed E-state index contributed by atoms with van der Waals surface area (Å²) in [5, 5.41) is 2.37. The van der Waals surface area contributed by atoms with Crippen molar-refractivity contribution in [1.82, 2.24) is 5.32 Å². The van der Waals surface area contributed by atoms with Crippen LogP contribution >= 0.6 is 0 Å². The van der Waals surface area contributed by atoms with Gasteiger partial charge in [-0.2, -0.15) is 0 Å². The van der Waals surface area contributed by atoms with E-state index in [0.717, 1.165) is 12.8 Å². The lowest BCUT2D eigenvalue weighted by Crippen LogP contribution is -2.24. The van der Waals surface area contributed by atoms with Gasteiger partial charge in [0.1, 0.15) is 0 Å². The topological polar surface area (TPSA) is 89.5 Å². The van der Waals surface area contributed by atoms with Crippen molar-refractivity contribution >= 4 is 23.8 Å². The summed E-state index contributed by atoms with van der Waals surface area (Å²) in [5.74, 6) is -2.09. The van der Waals surface area contributed by atoms with E-state index in [9.17, 15) is 19.2 Å². The number of cyclic esters (lactones) is 2. The largest absolute Gasteiger partial charge is 0.386 e. The van der Waals surface area contributed by atoms with Crippen molar-refractivity contribution in [3.8, 4) is 0 Å². The molecule has 0 saturated heterocycles. The van der Waals surface area contributed by atoms with Crippen molar-refractivity contribution < 1.29 is 23.9 Å². The zero-order chi connectivity index (χ0) is 17.4. The van der Waals surface area contributed by atoms with Crippen molar-refractivity contribution in [1.29, 1.82) is 0 Å². The summed E-state index contributed by atoms with van der Waals surface area (Å²) in [6.07, 6.45) is 3.37. The molecule has 2 amide bonds. The number of rotatable bonds is 3. The van der Waals surface area contributed by atoms with Crippen LogP contribution in [0.5, 0.6) is 0 Å². The van der Waals surface area contributed by atoms with Crippen molar-refractivity contribution in [2.75, 3.05) is 0 Å². The van der Waals surface area contributed by atoms with Gasteiger partial charge in [-0.1, -0.05) is 26.7 Å². The molecule has 3 rings (SSSR count). The molecule has 2 heterocycles. The summed E-state index contributed by atoms with van der Waals surface area (Å²) in [6, 6.07) is 0. The van der Waals surface area contributed by atoms with Crippen LogP contribution in [0.2, 0.25) is 0 Å². The van der Waals surface area contributed by atoms with Crippen LogP contribution in [0.25, 0.3) is 0 Å². The summed E-state index contributed by atoms with van der Waals surface area (Å²) in [6.45, 7) is 3.96. The first-order chi connectivity index (χ1) is 11.5. The molecule has 24 heavy (non-hydrogen) atoms. The average molecular weight is 331 g/mol. The Morgan fingerprint density at radius 1 is 0.917 bits per heavy atom. The Kier molecular flexibility index (Phi) is 4.39. The molecule has 0 aromatic carbocycles. The van der Waals surface area contributed by atoms with Gasteiger partial charge >= 0.3 is 11.9 Å². The fraction of sp³-hybridized carbons (Fsp3) is 0.556. The zero-order valence-corrected chi connectivity index (χ0v) is 13.9. The Bertz CT molecular complexity index is 700. The number of ether oxygens (including phenoxy) is 1. The Hall–Kier alpha value is -2.24. The lowest BCUT2D eigenvalue weighted by Gasteiger charge is -2.16. The molecule has 128 valence electrons. The highest BCUT2D eigenvalue weighted by molar-refractivity contribution is 6.19. The number of carbonyl (C=O) groups excluding carboxylic acids is 4. The van der Waals surface area contributed by atoms with E-state index in [0.29, 0.717) is 48.0 Å². The van der Waals surface area contributed by atoms with E-state index in [1.807, 2.05) is 13.8 Å². The van der Waals surface area contributed by atoms with Crippen LogP contribution in [0.1, 0.15) is 52.4 Å². The number of esters is 2. The summed E-state index contributed by atoms with van der Waals surface area (Å²) in [7, 11) is 0. The number of hydrogen-bond donors (Lipinski definition) is 1. The fourth-order valence-corrected chi connectivity index (χ4v) is 3.88. The lowest BCUT2D eigenvalue weighted by atomic mass is 9.85. The maximum absolute atomic E-state index is 12.2. The molecule has 0 bridgehead atoms. The molecule has 0 fully saturated rings. The van der Waals surface area contributed by atoms with Crippen LogP contribution < -0.4 is 5.32 Å². The minimum Gasteiger partial charge on any atom is -0.386 e. The maximum Gasteiger partial charge on any atom is 0.342 e. The minimum atomic E-state index is -0.586. The van der Waals surface area contributed by atoms with Gasteiger partial charge in [-0.05, 0) is 37.5 Å². The van der Waals surface area contributed by atoms with Gasteiger partial charge in [0.05, 0.1) is 5.57 Å². The van der Waals surface area contributed by atoms with E-state index in [4.69, 9.17) is 4.74 Å². The van der Waals surface area contributed by atoms with Crippen LogP contribution in [0.15, 0.2) is 22.3 Å². The van der Waals surface area contributed by atoms with Crippen LogP contribution in [0.4, 0.5) is 0 Å². The quantitative estimate of drug-likeness (QED) is 0.485. The molecule has 2 aliphatic heterocycles. The summed E-state index contributed by atoms with van der Waals surface area (Å²) >= 11 is 0. The number of hydrogen-bond acceptors (Lipinski definition) is 5. The Labute approximate surface area is 140 Å². The first-order valence-electron chi connectivity index (χ1n) is 8.53. The van der Waals surface area contributed by atoms with E-state index in [-0.39, 0.29) is 23.7 Å². The van der Waals surface area contributed by atoms with E-state index in [2.05, 4.69) is 5.32 Å². The second kappa shape index (κ2) is 6.34. The Balaban J connectivity index is 2.10. The SMILES string of the molecule is CCC[C@@H]1CC2=C(C[C@H](CC)CC3=C1C(=O)OC3=O)C(=O)NC2=O. The second-order valence-electron chi connectivity index (χ2n) is 6.68. The van der Waals surface area contributed by atoms with Gasteiger partial charge in [0.25, 0.3) is 11.8 Å². The third-order valence-electron chi connectivity index (χ3n) is 5.18. The van der Waals surface area contributed by atoms with Gasteiger partial charge in [-0.3, -0.25) is 14.9 Å². The summed E-state index contributed by atoms with van der Waals surface area (Å²) < 4.78 is 4.85. The molecule has 0 aromatic heterocycles. The zero-order valence-electron chi connectivity index (χ0n) is 13.9. The molecule has 6 nitrogen and oxygen atoms in total. The van der Waals surface area contributed by atoms with Crippen molar-refractivity contribution in [3.05, 3.63) is 22.3 Å². The van der Waals surface area contributed by atoms with Crippen LogP contribution in [-0.4, -0.2) is 23.8 Å². The highest BCUT2D eigenvalue weighted by atomic mass is 16.6. The van der Waals surface area contributed by atoms with Gasteiger partial charge in [-0.25, -0.2) is 9.59 Å². The molecule has 2 atom stereocenters. The number of amides is 2. The van der Waals surface area contributed by atoms with E-state index < -0.39 is 11.9 Å². The number of imide groups is 1. The Morgan fingerprint density at radius 2 is 1.54 bits per heavy atom. The van der Waals surface area contributed by atoms with Crippen LogP contribution in [0, 0.1) is 11.8 Å². The minimum absolute atomic E-state index is 0.0236. The maximum atomic E-state index is 12.2. The highest BCUT2D eigenvalue weighted by Gasteiger charge is 2.42. The number of carbonyl (C=O) groups is 4. The molecule has 6 heteroatoms. The molecule has 1 aliphatic carbocycles. The molecule has 0 unspecified atom stereocenters. The monoisotopic (exact) mass is 331 g/mol. The summed E-state index contributed by atoms with van der Waals surface area (Å²) in [5.41, 5.74) is 1.85. The Morgan fingerprint density at radius 3 is 2.17 bits per heavy atom.